The topological polar surface area (TPSA) is 98.1 Å². The minimum absolute atomic E-state index is 0.252. The van der Waals surface area contributed by atoms with Crippen LogP contribution in [0.15, 0.2) is 85.3 Å². The molecule has 0 radical (unpaired) electrons. The molecule has 4 aromatic rings. The predicted molar refractivity (Wildman–Crippen MR) is 123 cm³/mol. The van der Waals surface area contributed by atoms with E-state index in [4.69, 9.17) is 4.74 Å². The van der Waals surface area contributed by atoms with Crippen molar-refractivity contribution in [1.82, 2.24) is 14.8 Å². The van der Waals surface area contributed by atoms with E-state index in [9.17, 15) is 9.59 Å². The Morgan fingerprint density at radius 1 is 1.03 bits per heavy atom. The zero-order chi connectivity index (χ0) is 22.6. The summed E-state index contributed by atoms with van der Waals surface area (Å²) in [7, 11) is 0. The molecule has 2 aromatic heterocycles. The van der Waals surface area contributed by atoms with E-state index in [0.29, 0.717) is 30.0 Å². The standard InChI is InChI=1S/C25H21N5O3/c31-24(28-23-10-12-30(29-23)16-17-5-4-11-26-15-17)19-7-3-8-20(13-19)27-25(32)22-14-18-6-1-2-9-21(18)33-22/h1-13,15,22H,14,16H2,(H,27,32)(H,28,29,31). The van der Waals surface area contributed by atoms with Gasteiger partial charge in [0.25, 0.3) is 11.8 Å². The molecule has 2 N–H and O–H groups in total. The van der Waals surface area contributed by atoms with Gasteiger partial charge in [0.05, 0.1) is 6.54 Å². The summed E-state index contributed by atoms with van der Waals surface area (Å²) in [6, 6.07) is 19.9. The first-order chi connectivity index (χ1) is 16.1. The van der Waals surface area contributed by atoms with E-state index < -0.39 is 6.10 Å². The van der Waals surface area contributed by atoms with E-state index >= 15 is 0 Å². The van der Waals surface area contributed by atoms with Gasteiger partial charge in [-0.25, -0.2) is 0 Å². The highest BCUT2D eigenvalue weighted by atomic mass is 16.5. The molecule has 0 aliphatic carbocycles. The average Bonchev–Trinajstić information content (AvgIpc) is 3.47. The van der Waals surface area contributed by atoms with Crippen molar-refractivity contribution in [2.24, 2.45) is 0 Å². The molecule has 0 bridgehead atoms. The van der Waals surface area contributed by atoms with Crippen molar-refractivity contribution < 1.29 is 14.3 Å². The highest BCUT2D eigenvalue weighted by molar-refractivity contribution is 6.05. The van der Waals surface area contributed by atoms with Crippen LogP contribution in [0.3, 0.4) is 0 Å². The van der Waals surface area contributed by atoms with Crippen molar-refractivity contribution in [2.75, 3.05) is 10.6 Å². The molecule has 8 nitrogen and oxygen atoms in total. The Labute approximate surface area is 190 Å². The van der Waals surface area contributed by atoms with E-state index in [-0.39, 0.29) is 11.8 Å². The SMILES string of the molecule is O=C(Nc1ccn(Cc2cccnc2)n1)c1cccc(NC(=O)C2Cc3ccccc3O2)c1. The van der Waals surface area contributed by atoms with Crippen molar-refractivity contribution >= 4 is 23.3 Å². The number of nitrogens with zero attached hydrogens (tertiary/aromatic N) is 3. The first kappa shape index (κ1) is 20.4. The molecule has 8 heteroatoms. The van der Waals surface area contributed by atoms with Crippen molar-refractivity contribution in [2.45, 2.75) is 19.1 Å². The molecule has 1 aliphatic heterocycles. The van der Waals surface area contributed by atoms with E-state index in [1.807, 2.05) is 36.4 Å². The Morgan fingerprint density at radius 3 is 2.79 bits per heavy atom. The molecule has 0 saturated heterocycles. The smallest absolute Gasteiger partial charge is 0.265 e. The van der Waals surface area contributed by atoms with Gasteiger partial charge in [-0.05, 0) is 41.5 Å². The summed E-state index contributed by atoms with van der Waals surface area (Å²) < 4.78 is 7.46. The van der Waals surface area contributed by atoms with E-state index in [1.54, 1.807) is 53.6 Å². The molecule has 0 saturated carbocycles. The van der Waals surface area contributed by atoms with Gasteiger partial charge in [-0.15, -0.1) is 0 Å². The van der Waals surface area contributed by atoms with Gasteiger partial charge in [-0.1, -0.05) is 30.3 Å². The Balaban J connectivity index is 1.20. The average molecular weight is 439 g/mol. The monoisotopic (exact) mass is 439 g/mol. The fourth-order valence-electron chi connectivity index (χ4n) is 3.67. The maximum atomic E-state index is 12.7. The summed E-state index contributed by atoms with van der Waals surface area (Å²) in [4.78, 5) is 29.5. The van der Waals surface area contributed by atoms with E-state index in [2.05, 4.69) is 20.7 Å². The fraction of sp³-hybridized carbons (Fsp3) is 0.120. The zero-order valence-corrected chi connectivity index (χ0v) is 17.6. The van der Waals surface area contributed by atoms with Gasteiger partial charge >= 0.3 is 0 Å². The molecule has 1 unspecified atom stereocenters. The van der Waals surface area contributed by atoms with Crippen LogP contribution in [0.4, 0.5) is 11.5 Å². The van der Waals surface area contributed by atoms with Crippen LogP contribution in [0.5, 0.6) is 5.75 Å². The second-order valence-corrected chi connectivity index (χ2v) is 7.70. The van der Waals surface area contributed by atoms with Crippen LogP contribution in [0, 0.1) is 0 Å². The molecule has 33 heavy (non-hydrogen) atoms. The fourth-order valence-corrected chi connectivity index (χ4v) is 3.67. The van der Waals surface area contributed by atoms with Crippen LogP contribution in [0.25, 0.3) is 0 Å². The third kappa shape index (κ3) is 4.74. The van der Waals surface area contributed by atoms with Crippen molar-refractivity contribution in [1.29, 1.82) is 0 Å². The highest BCUT2D eigenvalue weighted by Gasteiger charge is 2.28. The van der Waals surface area contributed by atoms with Gasteiger partial charge in [0.15, 0.2) is 11.9 Å². The molecule has 0 spiro atoms. The van der Waals surface area contributed by atoms with Crippen LogP contribution in [-0.2, 0) is 17.8 Å². The van der Waals surface area contributed by atoms with Gasteiger partial charge in [0, 0.05) is 42.3 Å². The molecule has 5 rings (SSSR count). The number of hydrogen-bond acceptors (Lipinski definition) is 5. The maximum absolute atomic E-state index is 12.7. The lowest BCUT2D eigenvalue weighted by molar-refractivity contribution is -0.122. The van der Waals surface area contributed by atoms with Crippen molar-refractivity contribution in [3.05, 3.63) is 102 Å². The van der Waals surface area contributed by atoms with E-state index in [0.717, 1.165) is 16.9 Å². The molecule has 164 valence electrons. The van der Waals surface area contributed by atoms with Crippen LogP contribution < -0.4 is 15.4 Å². The number of rotatable bonds is 6. The second-order valence-electron chi connectivity index (χ2n) is 7.70. The lowest BCUT2D eigenvalue weighted by Gasteiger charge is -2.12. The quantitative estimate of drug-likeness (QED) is 0.479. The Hall–Kier alpha value is -4.46. The molecular formula is C25H21N5O3. The summed E-state index contributed by atoms with van der Waals surface area (Å²) in [6.45, 7) is 0.554. The number of para-hydroxylation sites is 1. The lowest BCUT2D eigenvalue weighted by atomic mass is 10.1. The zero-order valence-electron chi connectivity index (χ0n) is 17.6. The number of aromatic nitrogens is 3. The molecule has 1 atom stereocenters. The molecular weight excluding hydrogens is 418 g/mol. The van der Waals surface area contributed by atoms with Crippen molar-refractivity contribution in [3.8, 4) is 5.75 Å². The highest BCUT2D eigenvalue weighted by Crippen LogP contribution is 2.28. The molecule has 0 fully saturated rings. The Kier molecular flexibility index (Phi) is 5.55. The molecule has 1 aliphatic rings. The first-order valence-corrected chi connectivity index (χ1v) is 10.5. The largest absolute Gasteiger partial charge is 0.480 e. The number of carbonyl (C=O) groups excluding carboxylic acids is 2. The number of anilines is 2. The van der Waals surface area contributed by atoms with Crippen LogP contribution in [0.2, 0.25) is 0 Å². The number of benzene rings is 2. The van der Waals surface area contributed by atoms with Gasteiger partial charge < -0.3 is 15.4 Å². The second kappa shape index (κ2) is 8.96. The lowest BCUT2D eigenvalue weighted by Crippen LogP contribution is -2.31. The predicted octanol–water partition coefficient (Wildman–Crippen LogP) is 3.52. The number of nitrogens with one attached hydrogen (secondary N) is 2. The maximum Gasteiger partial charge on any atom is 0.265 e. The van der Waals surface area contributed by atoms with Gasteiger partial charge in [-0.2, -0.15) is 5.10 Å². The van der Waals surface area contributed by atoms with Gasteiger partial charge in [0.1, 0.15) is 5.75 Å². The van der Waals surface area contributed by atoms with Crippen LogP contribution >= 0.6 is 0 Å². The molecule has 3 heterocycles. The Morgan fingerprint density at radius 2 is 1.94 bits per heavy atom. The summed E-state index contributed by atoms with van der Waals surface area (Å²) in [5.41, 5.74) is 2.95. The van der Waals surface area contributed by atoms with E-state index in [1.165, 1.54) is 0 Å². The van der Waals surface area contributed by atoms with Gasteiger partial charge in [-0.3, -0.25) is 19.3 Å². The van der Waals surface area contributed by atoms with Crippen LogP contribution in [0.1, 0.15) is 21.5 Å². The number of carbonyl (C=O) groups is 2. The Bertz CT molecular complexity index is 1280. The third-order valence-corrected chi connectivity index (χ3v) is 5.28. The van der Waals surface area contributed by atoms with Gasteiger partial charge in [0.2, 0.25) is 0 Å². The first-order valence-electron chi connectivity index (χ1n) is 10.5. The summed E-state index contributed by atoms with van der Waals surface area (Å²) in [5, 5.41) is 10.0. The van der Waals surface area contributed by atoms with Crippen LogP contribution in [-0.4, -0.2) is 32.7 Å². The van der Waals surface area contributed by atoms with Crippen molar-refractivity contribution in [3.63, 3.8) is 0 Å². The summed E-state index contributed by atoms with van der Waals surface area (Å²) in [5.74, 6) is 0.601. The number of fused-ring (bicyclic) bond motifs is 1. The number of ether oxygens (including phenoxy) is 1. The minimum Gasteiger partial charge on any atom is -0.480 e. The number of amides is 2. The third-order valence-electron chi connectivity index (χ3n) is 5.28. The summed E-state index contributed by atoms with van der Waals surface area (Å²) in [6.07, 6.45) is 5.20. The number of hydrogen-bond donors (Lipinski definition) is 2. The summed E-state index contributed by atoms with van der Waals surface area (Å²) >= 11 is 0. The normalized spacial score (nSPS) is 14.2. The molecule has 2 amide bonds. The number of pyridine rings is 1. The molecule has 2 aromatic carbocycles. The minimum atomic E-state index is -0.594.